The van der Waals surface area contributed by atoms with E-state index in [1.807, 2.05) is 24.3 Å². The number of nitrogens with one attached hydrogen (secondary N) is 1. The minimum absolute atomic E-state index is 0.275. The van der Waals surface area contributed by atoms with Crippen molar-refractivity contribution in [2.24, 2.45) is 0 Å². The molecule has 0 bridgehead atoms. The zero-order valence-electron chi connectivity index (χ0n) is 18.6. The quantitative estimate of drug-likeness (QED) is 0.178. The van der Waals surface area contributed by atoms with E-state index in [2.05, 4.69) is 5.32 Å². The maximum absolute atomic E-state index is 12.0. The largest absolute Gasteiger partial charge is 0.478 e. The minimum Gasteiger partial charge on any atom is -0.478 e. The molecular weight excluding hydrogens is 403 g/mol. The van der Waals surface area contributed by atoms with E-state index in [9.17, 15) is 18.0 Å². The highest BCUT2D eigenvalue weighted by Gasteiger charge is 2.25. The van der Waals surface area contributed by atoms with Crippen LogP contribution in [0.1, 0.15) is 95.5 Å². The fraction of sp³-hybridized carbons (Fsp3) is 0.640. The van der Waals surface area contributed by atoms with E-state index in [0.717, 1.165) is 49.6 Å². The number of hydrogen-bond acceptors (Lipinski definition) is 2. The van der Waals surface area contributed by atoms with Gasteiger partial charge < -0.3 is 10.4 Å². The van der Waals surface area contributed by atoms with Crippen LogP contribution in [-0.4, -0.2) is 23.8 Å². The molecule has 0 spiro atoms. The number of aliphatic carboxylic acids is 1. The molecule has 0 aliphatic rings. The van der Waals surface area contributed by atoms with Crippen molar-refractivity contribution in [1.82, 2.24) is 0 Å². The second-order valence-electron chi connectivity index (χ2n) is 8.18. The van der Waals surface area contributed by atoms with Crippen LogP contribution < -0.4 is 5.32 Å². The standard InChI is InChI=1S/C25H38F3NO2/c26-25(27,28)20-12-10-8-6-4-2-1-3-5-7-9-11-13-21-29-23-17-14-22(15-18-23)16-19-24(30)31/h14-19,29H,1-13,20-21H2,(H,30,31)/b19-16+. The molecule has 176 valence electrons. The van der Waals surface area contributed by atoms with Crippen molar-refractivity contribution in [3.8, 4) is 0 Å². The van der Waals surface area contributed by atoms with Crippen LogP contribution in [0, 0.1) is 0 Å². The summed E-state index contributed by atoms with van der Waals surface area (Å²) in [5, 5.41) is 12.0. The summed E-state index contributed by atoms with van der Waals surface area (Å²) in [4.78, 5) is 10.5. The number of benzene rings is 1. The molecule has 1 aromatic rings. The predicted octanol–water partition coefficient (Wildman–Crippen LogP) is 8.22. The van der Waals surface area contributed by atoms with Gasteiger partial charge in [-0.15, -0.1) is 0 Å². The molecule has 0 amide bonds. The van der Waals surface area contributed by atoms with Crippen molar-refractivity contribution in [1.29, 1.82) is 0 Å². The number of carbonyl (C=O) groups is 1. The summed E-state index contributed by atoms with van der Waals surface area (Å²) in [5.41, 5.74) is 1.92. The van der Waals surface area contributed by atoms with Crippen LogP contribution >= 0.6 is 0 Å². The van der Waals surface area contributed by atoms with E-state index in [1.165, 1.54) is 44.9 Å². The van der Waals surface area contributed by atoms with Crippen molar-refractivity contribution >= 4 is 17.7 Å². The van der Waals surface area contributed by atoms with E-state index in [1.54, 1.807) is 6.08 Å². The third kappa shape index (κ3) is 17.4. The molecular formula is C25H38F3NO2. The number of rotatable bonds is 18. The average Bonchev–Trinajstić information content (AvgIpc) is 2.72. The molecule has 0 fully saturated rings. The molecule has 1 aromatic carbocycles. The summed E-state index contributed by atoms with van der Waals surface area (Å²) in [7, 11) is 0. The average molecular weight is 442 g/mol. The third-order valence-electron chi connectivity index (χ3n) is 5.30. The lowest BCUT2D eigenvalue weighted by atomic mass is 10.0. The second kappa shape index (κ2) is 16.7. The Labute approximate surface area is 185 Å². The first-order chi connectivity index (χ1) is 14.9. The molecule has 0 radical (unpaired) electrons. The SMILES string of the molecule is O=C(O)/C=C/c1ccc(NCCCCCCCCCCCCCCCC(F)(F)F)cc1. The van der Waals surface area contributed by atoms with Crippen LogP contribution in [0.5, 0.6) is 0 Å². The minimum atomic E-state index is -3.99. The van der Waals surface area contributed by atoms with Crippen molar-refractivity contribution in [3.63, 3.8) is 0 Å². The predicted molar refractivity (Wildman–Crippen MR) is 122 cm³/mol. The van der Waals surface area contributed by atoms with Crippen LogP contribution in [-0.2, 0) is 4.79 Å². The third-order valence-corrected chi connectivity index (χ3v) is 5.30. The summed E-state index contributed by atoms with van der Waals surface area (Å²) in [6.45, 7) is 0.938. The summed E-state index contributed by atoms with van der Waals surface area (Å²) in [6.07, 6.45) is 12.0. The fourth-order valence-electron chi connectivity index (χ4n) is 3.51. The smallest absolute Gasteiger partial charge is 0.389 e. The fourth-order valence-corrected chi connectivity index (χ4v) is 3.51. The van der Waals surface area contributed by atoms with E-state index >= 15 is 0 Å². The molecule has 0 saturated carbocycles. The van der Waals surface area contributed by atoms with Gasteiger partial charge in [-0.3, -0.25) is 0 Å². The van der Waals surface area contributed by atoms with Gasteiger partial charge in [0.2, 0.25) is 0 Å². The zero-order chi connectivity index (χ0) is 22.8. The molecule has 0 saturated heterocycles. The Balaban J connectivity index is 1.85. The lowest BCUT2D eigenvalue weighted by Crippen LogP contribution is -2.06. The topological polar surface area (TPSA) is 49.3 Å². The lowest BCUT2D eigenvalue weighted by Gasteiger charge is -2.07. The van der Waals surface area contributed by atoms with E-state index < -0.39 is 18.6 Å². The van der Waals surface area contributed by atoms with E-state index in [0.29, 0.717) is 6.42 Å². The van der Waals surface area contributed by atoms with Gasteiger partial charge in [-0.25, -0.2) is 4.79 Å². The number of alkyl halides is 3. The van der Waals surface area contributed by atoms with Crippen molar-refractivity contribution in [2.75, 3.05) is 11.9 Å². The van der Waals surface area contributed by atoms with E-state index in [-0.39, 0.29) is 6.42 Å². The second-order valence-corrected chi connectivity index (χ2v) is 8.18. The van der Waals surface area contributed by atoms with Gasteiger partial charge in [0, 0.05) is 24.7 Å². The Morgan fingerprint density at radius 3 is 1.68 bits per heavy atom. The number of carboxylic acids is 1. The maximum atomic E-state index is 12.0. The molecule has 0 aromatic heterocycles. The summed E-state index contributed by atoms with van der Waals surface area (Å²) in [6, 6.07) is 7.72. The van der Waals surface area contributed by atoms with Gasteiger partial charge in [-0.2, -0.15) is 13.2 Å². The van der Waals surface area contributed by atoms with Gasteiger partial charge in [0.15, 0.2) is 0 Å². The summed E-state index contributed by atoms with van der Waals surface area (Å²) >= 11 is 0. The van der Waals surface area contributed by atoms with Crippen LogP contribution in [0.15, 0.2) is 30.3 Å². The number of hydrogen-bond donors (Lipinski definition) is 2. The number of anilines is 1. The van der Waals surface area contributed by atoms with Crippen LogP contribution in [0.2, 0.25) is 0 Å². The highest BCUT2D eigenvalue weighted by molar-refractivity contribution is 5.85. The van der Waals surface area contributed by atoms with Crippen LogP contribution in [0.25, 0.3) is 6.08 Å². The maximum Gasteiger partial charge on any atom is 0.389 e. The van der Waals surface area contributed by atoms with Crippen LogP contribution in [0.3, 0.4) is 0 Å². The zero-order valence-corrected chi connectivity index (χ0v) is 18.6. The molecule has 31 heavy (non-hydrogen) atoms. The Hall–Kier alpha value is -1.98. The van der Waals surface area contributed by atoms with E-state index in [4.69, 9.17) is 5.11 Å². The lowest BCUT2D eigenvalue weighted by molar-refractivity contribution is -0.135. The number of halogens is 3. The van der Waals surface area contributed by atoms with Gasteiger partial charge in [0.1, 0.15) is 0 Å². The number of carboxylic acid groups (broad SMARTS) is 1. The highest BCUT2D eigenvalue weighted by Crippen LogP contribution is 2.23. The van der Waals surface area contributed by atoms with Gasteiger partial charge in [-0.05, 0) is 36.6 Å². The molecule has 0 atom stereocenters. The monoisotopic (exact) mass is 441 g/mol. The molecule has 0 unspecified atom stereocenters. The first-order valence-electron chi connectivity index (χ1n) is 11.7. The summed E-state index contributed by atoms with van der Waals surface area (Å²) < 4.78 is 36.1. The Morgan fingerprint density at radius 2 is 1.23 bits per heavy atom. The molecule has 3 nitrogen and oxygen atoms in total. The molecule has 0 aliphatic heterocycles. The van der Waals surface area contributed by atoms with Crippen LogP contribution in [0.4, 0.5) is 18.9 Å². The van der Waals surface area contributed by atoms with Gasteiger partial charge in [0.05, 0.1) is 0 Å². The normalized spacial score (nSPS) is 11.8. The van der Waals surface area contributed by atoms with Gasteiger partial charge in [0.25, 0.3) is 0 Å². The Kier molecular flexibility index (Phi) is 14.6. The van der Waals surface area contributed by atoms with Gasteiger partial charge in [-0.1, -0.05) is 82.8 Å². The van der Waals surface area contributed by atoms with Crippen molar-refractivity contribution in [3.05, 3.63) is 35.9 Å². The summed E-state index contributed by atoms with van der Waals surface area (Å²) in [5.74, 6) is -0.946. The molecule has 2 N–H and O–H groups in total. The number of unbranched alkanes of at least 4 members (excludes halogenated alkanes) is 12. The molecule has 0 heterocycles. The first-order valence-corrected chi connectivity index (χ1v) is 11.7. The molecule has 0 aliphatic carbocycles. The molecule has 1 rings (SSSR count). The van der Waals surface area contributed by atoms with Crippen molar-refractivity contribution in [2.45, 2.75) is 96.1 Å². The highest BCUT2D eigenvalue weighted by atomic mass is 19.4. The Bertz CT molecular complexity index is 612. The van der Waals surface area contributed by atoms with Gasteiger partial charge >= 0.3 is 12.1 Å². The Morgan fingerprint density at radius 1 is 0.774 bits per heavy atom. The first kappa shape index (κ1) is 27.1. The molecule has 6 heteroatoms. The van der Waals surface area contributed by atoms with Crippen molar-refractivity contribution < 1.29 is 23.1 Å².